The molecule has 0 aliphatic carbocycles. The molecule has 0 aromatic heterocycles. The van der Waals surface area contributed by atoms with Crippen molar-refractivity contribution in [2.24, 2.45) is 0 Å². The minimum absolute atomic E-state index is 0.139. The highest BCUT2D eigenvalue weighted by molar-refractivity contribution is 5.87. The number of carboxylic acids is 2. The summed E-state index contributed by atoms with van der Waals surface area (Å²) in [4.78, 5) is 31.9. The van der Waals surface area contributed by atoms with Gasteiger partial charge >= 0.3 is 17.9 Å². The highest BCUT2D eigenvalue weighted by Gasteiger charge is 2.17. The molecule has 0 bridgehead atoms. The third kappa shape index (κ3) is 32.9. The summed E-state index contributed by atoms with van der Waals surface area (Å²) in [6, 6.07) is 16.6. The Labute approximate surface area is 292 Å². The van der Waals surface area contributed by atoms with Crippen LogP contribution in [0.25, 0.3) is 0 Å². The fourth-order valence-corrected chi connectivity index (χ4v) is 4.14. The van der Waals surface area contributed by atoms with Gasteiger partial charge in [0.15, 0.2) is 6.10 Å². The lowest BCUT2D eigenvalue weighted by molar-refractivity contribution is -0.157. The molecule has 7 N–H and O–H groups in total. The van der Waals surface area contributed by atoms with Crippen LogP contribution in [0, 0.1) is 0 Å². The first kappa shape index (κ1) is 47.8. The van der Waals surface area contributed by atoms with Gasteiger partial charge in [0.05, 0.1) is 30.4 Å². The number of esters is 1. The molecule has 3 unspecified atom stereocenters. The Morgan fingerprint density at radius 1 is 0.592 bits per heavy atom. The number of rotatable bonds is 22. The van der Waals surface area contributed by atoms with Gasteiger partial charge in [-0.05, 0) is 37.6 Å². The smallest absolute Gasteiger partial charge is 0.335 e. The van der Waals surface area contributed by atoms with Gasteiger partial charge in [0, 0.05) is 0 Å². The predicted octanol–water partition coefficient (Wildman–Crippen LogP) is 6.24. The van der Waals surface area contributed by atoms with Crippen molar-refractivity contribution in [1.82, 2.24) is 0 Å². The molecule has 0 fully saturated rings. The second-order valence-electron chi connectivity index (χ2n) is 11.7. The molecule has 0 spiro atoms. The average Bonchev–Trinajstić information content (AvgIpc) is 3.11. The Bertz CT molecular complexity index is 983. The Morgan fingerprint density at radius 3 is 1.22 bits per heavy atom. The second-order valence-corrected chi connectivity index (χ2v) is 11.7. The molecule has 11 nitrogen and oxygen atoms in total. The summed E-state index contributed by atoms with van der Waals surface area (Å²) >= 11 is 0. The first-order valence-electron chi connectivity index (χ1n) is 17.5. The Kier molecular flexibility index (Phi) is 33.6. The minimum atomic E-state index is -1.13. The normalized spacial score (nSPS) is 12.0. The van der Waals surface area contributed by atoms with E-state index in [9.17, 15) is 19.5 Å². The second kappa shape index (κ2) is 34.5. The van der Waals surface area contributed by atoms with Gasteiger partial charge in [0.1, 0.15) is 12.7 Å². The van der Waals surface area contributed by atoms with Crippen LogP contribution in [0.4, 0.5) is 0 Å². The molecule has 2 aromatic carbocycles. The van der Waals surface area contributed by atoms with Gasteiger partial charge in [-0.25, -0.2) is 14.4 Å². The van der Waals surface area contributed by atoms with Gasteiger partial charge in [0.25, 0.3) is 0 Å². The third-order valence-electron chi connectivity index (χ3n) is 7.04. The molecule has 0 heterocycles. The molecule has 0 aliphatic heterocycles. The van der Waals surface area contributed by atoms with Crippen LogP contribution in [0.2, 0.25) is 0 Å². The topological polar surface area (TPSA) is 202 Å². The van der Waals surface area contributed by atoms with Crippen molar-refractivity contribution < 1.29 is 54.9 Å². The van der Waals surface area contributed by atoms with Crippen molar-refractivity contribution in [2.45, 2.75) is 128 Å². The van der Waals surface area contributed by atoms with E-state index in [0.717, 1.165) is 19.3 Å². The van der Waals surface area contributed by atoms with Crippen molar-refractivity contribution in [1.29, 1.82) is 0 Å². The SMILES string of the molecule is CC(O)CO.CCCCCCCCCCCCCCCCC(O)C(=O)OCC(O)CO.O=C(O)c1ccccc1.O=C(O)c1ccccc1. The fraction of sp³-hybridized carbons (Fsp3) is 0.605. The van der Waals surface area contributed by atoms with E-state index in [0.29, 0.717) is 17.5 Å². The summed E-state index contributed by atoms with van der Waals surface area (Å²) in [6.45, 7) is 2.91. The van der Waals surface area contributed by atoms with E-state index in [1.165, 1.54) is 77.6 Å². The monoisotopic (exact) mass is 694 g/mol. The number of aliphatic hydroxyl groups is 5. The lowest BCUT2D eigenvalue weighted by Gasteiger charge is -2.12. The maximum absolute atomic E-state index is 11.5. The summed E-state index contributed by atoms with van der Waals surface area (Å²) in [5.74, 6) is -2.47. The molecular weight excluding hydrogens is 632 g/mol. The number of benzene rings is 2. The van der Waals surface area contributed by atoms with Crippen molar-refractivity contribution in [3.8, 4) is 0 Å². The average molecular weight is 695 g/mol. The molecule has 0 aliphatic rings. The van der Waals surface area contributed by atoms with Gasteiger partial charge in [-0.1, -0.05) is 133 Å². The summed E-state index contributed by atoms with van der Waals surface area (Å²) in [5, 5.41) is 60.2. The number of aliphatic hydroxyl groups excluding tert-OH is 5. The Morgan fingerprint density at radius 2 is 0.939 bits per heavy atom. The van der Waals surface area contributed by atoms with E-state index >= 15 is 0 Å². The van der Waals surface area contributed by atoms with Gasteiger partial charge < -0.3 is 40.5 Å². The van der Waals surface area contributed by atoms with E-state index in [4.69, 9.17) is 35.4 Å². The van der Waals surface area contributed by atoms with Crippen molar-refractivity contribution in [3.05, 3.63) is 71.8 Å². The van der Waals surface area contributed by atoms with Crippen molar-refractivity contribution in [2.75, 3.05) is 19.8 Å². The molecule has 11 heteroatoms. The molecule has 0 radical (unpaired) electrons. The number of carbonyl (C=O) groups is 3. The zero-order chi connectivity index (χ0) is 37.1. The van der Waals surface area contributed by atoms with Crippen molar-refractivity contribution >= 4 is 17.9 Å². The molecular formula is C38H62O11. The number of ether oxygens (including phenoxy) is 1. The quantitative estimate of drug-likeness (QED) is 0.0543. The summed E-state index contributed by atoms with van der Waals surface area (Å²) in [6.07, 6.45) is 15.4. The lowest BCUT2D eigenvalue weighted by atomic mass is 10.0. The maximum Gasteiger partial charge on any atom is 0.335 e. The number of hydrogen-bond donors (Lipinski definition) is 7. The van der Waals surface area contributed by atoms with Crippen LogP contribution in [-0.4, -0.2) is 91.8 Å². The van der Waals surface area contributed by atoms with Crippen LogP contribution in [0.1, 0.15) is 131 Å². The van der Waals surface area contributed by atoms with Gasteiger partial charge in [-0.15, -0.1) is 0 Å². The predicted molar refractivity (Wildman–Crippen MR) is 191 cm³/mol. The van der Waals surface area contributed by atoms with Gasteiger partial charge in [0.2, 0.25) is 0 Å². The van der Waals surface area contributed by atoms with E-state index in [2.05, 4.69) is 6.92 Å². The number of aromatic carboxylic acids is 2. The zero-order valence-electron chi connectivity index (χ0n) is 29.5. The van der Waals surface area contributed by atoms with E-state index < -0.39 is 42.8 Å². The van der Waals surface area contributed by atoms with Crippen LogP contribution in [0.5, 0.6) is 0 Å². The molecule has 3 atom stereocenters. The van der Waals surface area contributed by atoms with E-state index in [-0.39, 0.29) is 13.2 Å². The summed E-state index contributed by atoms with van der Waals surface area (Å²) in [7, 11) is 0. The number of carboxylic acid groups (broad SMARTS) is 2. The molecule has 49 heavy (non-hydrogen) atoms. The molecule has 2 aromatic rings. The van der Waals surface area contributed by atoms with Crippen LogP contribution in [-0.2, 0) is 9.53 Å². The van der Waals surface area contributed by atoms with Crippen LogP contribution >= 0.6 is 0 Å². The van der Waals surface area contributed by atoms with Gasteiger partial charge in [-0.3, -0.25) is 0 Å². The molecule has 2 rings (SSSR count). The Balaban J connectivity index is 0. The molecule has 280 valence electrons. The highest BCUT2D eigenvalue weighted by atomic mass is 16.6. The molecule has 0 saturated carbocycles. The molecule has 0 saturated heterocycles. The van der Waals surface area contributed by atoms with Crippen LogP contribution in [0.15, 0.2) is 60.7 Å². The van der Waals surface area contributed by atoms with Crippen LogP contribution in [0.3, 0.4) is 0 Å². The maximum atomic E-state index is 11.5. The first-order chi connectivity index (χ1) is 23.5. The fourth-order valence-electron chi connectivity index (χ4n) is 4.14. The molecule has 0 amide bonds. The summed E-state index contributed by atoms with van der Waals surface area (Å²) < 4.78 is 4.73. The summed E-state index contributed by atoms with van der Waals surface area (Å²) in [5.41, 5.74) is 0.662. The standard InChI is InChI=1S/C21H42O5.2C7H6O2.C3H8O2/c1-2-3-4-5-6-7-8-9-10-11-12-13-14-15-16-20(24)21(25)26-18-19(23)17-22;2*8-7(9)6-4-2-1-3-5-6;1-3(5)2-4/h19-20,22-24H,2-18H2,1H3;2*1-5H,(H,8,9);3-5H,2H2,1H3. The lowest BCUT2D eigenvalue weighted by Crippen LogP contribution is -2.28. The largest absolute Gasteiger partial charge is 0.478 e. The van der Waals surface area contributed by atoms with E-state index in [1.807, 2.05) is 0 Å². The third-order valence-corrected chi connectivity index (χ3v) is 7.04. The number of unbranched alkanes of at least 4 members (excludes halogenated alkanes) is 13. The number of carbonyl (C=O) groups excluding carboxylic acids is 1. The van der Waals surface area contributed by atoms with Gasteiger partial charge in [-0.2, -0.15) is 0 Å². The zero-order valence-corrected chi connectivity index (χ0v) is 29.5. The van der Waals surface area contributed by atoms with E-state index in [1.54, 1.807) is 60.7 Å². The Hall–Kier alpha value is -3.35. The minimum Gasteiger partial charge on any atom is -0.478 e. The van der Waals surface area contributed by atoms with Crippen LogP contribution < -0.4 is 0 Å². The first-order valence-corrected chi connectivity index (χ1v) is 17.5. The van der Waals surface area contributed by atoms with Crippen molar-refractivity contribution in [3.63, 3.8) is 0 Å². The highest BCUT2D eigenvalue weighted by Crippen LogP contribution is 2.14. The number of hydrogen-bond acceptors (Lipinski definition) is 9.